The van der Waals surface area contributed by atoms with Crippen LogP contribution >= 0.6 is 0 Å². The summed E-state index contributed by atoms with van der Waals surface area (Å²) in [6.45, 7) is 2.67. The van der Waals surface area contributed by atoms with Crippen molar-refractivity contribution < 1.29 is 13.9 Å². The van der Waals surface area contributed by atoms with Gasteiger partial charge in [0.05, 0.1) is 25.5 Å². The Bertz CT molecular complexity index is 400. The van der Waals surface area contributed by atoms with Crippen molar-refractivity contribution in [3.05, 3.63) is 24.2 Å². The highest BCUT2D eigenvalue weighted by molar-refractivity contribution is 5.76. The molecular weight excluding hydrogens is 258 g/mol. The number of furan rings is 1. The molecule has 6 nitrogen and oxygen atoms in total. The van der Waals surface area contributed by atoms with Crippen LogP contribution in [0.4, 0.5) is 0 Å². The molecule has 2 N–H and O–H groups in total. The molecule has 1 aliphatic rings. The lowest BCUT2D eigenvalue weighted by molar-refractivity contribution is -0.122. The molecule has 0 saturated carbocycles. The van der Waals surface area contributed by atoms with E-state index in [1.807, 2.05) is 31.1 Å². The van der Waals surface area contributed by atoms with E-state index < -0.39 is 0 Å². The normalized spacial score (nSPS) is 20.9. The number of carbonyl (C=O) groups is 1. The molecule has 2 atom stereocenters. The first kappa shape index (κ1) is 15.0. The quantitative estimate of drug-likeness (QED) is 0.789. The second-order valence-corrected chi connectivity index (χ2v) is 5.23. The van der Waals surface area contributed by atoms with Gasteiger partial charge in [-0.05, 0) is 26.2 Å². The van der Waals surface area contributed by atoms with Gasteiger partial charge in [-0.15, -0.1) is 0 Å². The molecule has 0 aromatic carbocycles. The number of hydrogen-bond donors (Lipinski definition) is 2. The number of hydrogen-bond acceptors (Lipinski definition) is 5. The summed E-state index contributed by atoms with van der Waals surface area (Å²) in [5, 5.41) is 6.24. The Kier molecular flexibility index (Phi) is 5.58. The van der Waals surface area contributed by atoms with Gasteiger partial charge in [-0.3, -0.25) is 9.69 Å². The van der Waals surface area contributed by atoms with E-state index in [4.69, 9.17) is 9.15 Å². The molecule has 0 radical (unpaired) electrons. The molecule has 0 aliphatic carbocycles. The molecule has 0 bridgehead atoms. The summed E-state index contributed by atoms with van der Waals surface area (Å²) in [5.74, 6) is 0.890. The summed E-state index contributed by atoms with van der Waals surface area (Å²) in [6, 6.07) is 3.94. The van der Waals surface area contributed by atoms with Gasteiger partial charge in [0.25, 0.3) is 0 Å². The van der Waals surface area contributed by atoms with Crippen LogP contribution in [0.25, 0.3) is 0 Å². The Morgan fingerprint density at radius 2 is 2.45 bits per heavy atom. The van der Waals surface area contributed by atoms with E-state index in [0.717, 1.165) is 18.9 Å². The van der Waals surface area contributed by atoms with Crippen LogP contribution in [0.15, 0.2) is 22.8 Å². The lowest BCUT2D eigenvalue weighted by Crippen LogP contribution is -2.45. The van der Waals surface area contributed by atoms with Gasteiger partial charge < -0.3 is 19.8 Å². The first-order chi connectivity index (χ1) is 9.66. The number of ether oxygens (including phenoxy) is 1. The number of carbonyl (C=O) groups excluding carboxylic acids is 1. The van der Waals surface area contributed by atoms with Crippen LogP contribution in [0.1, 0.15) is 18.2 Å². The summed E-state index contributed by atoms with van der Waals surface area (Å²) in [6.07, 6.45) is 2.09. The van der Waals surface area contributed by atoms with Crippen molar-refractivity contribution in [1.29, 1.82) is 0 Å². The van der Waals surface area contributed by atoms with Crippen molar-refractivity contribution >= 4 is 5.91 Å². The van der Waals surface area contributed by atoms with Crippen molar-refractivity contribution in [2.75, 3.05) is 40.4 Å². The van der Waals surface area contributed by atoms with E-state index in [1.165, 1.54) is 0 Å². The van der Waals surface area contributed by atoms with Crippen molar-refractivity contribution in [3.8, 4) is 0 Å². The van der Waals surface area contributed by atoms with Gasteiger partial charge in [0.1, 0.15) is 5.76 Å². The zero-order valence-corrected chi connectivity index (χ0v) is 12.1. The van der Waals surface area contributed by atoms with Crippen molar-refractivity contribution in [3.63, 3.8) is 0 Å². The van der Waals surface area contributed by atoms with E-state index in [0.29, 0.717) is 19.6 Å². The molecule has 6 heteroatoms. The van der Waals surface area contributed by atoms with E-state index in [9.17, 15) is 4.79 Å². The van der Waals surface area contributed by atoms with Crippen molar-refractivity contribution in [1.82, 2.24) is 15.5 Å². The van der Waals surface area contributed by atoms with E-state index in [2.05, 4.69) is 10.6 Å². The molecule has 2 heterocycles. The number of likely N-dealkylation sites (N-methyl/N-ethyl adjacent to an activating group) is 1. The van der Waals surface area contributed by atoms with Crippen LogP contribution in [0, 0.1) is 0 Å². The molecule has 1 aromatic heterocycles. The molecule has 1 fully saturated rings. The monoisotopic (exact) mass is 281 g/mol. The molecule has 2 rings (SSSR count). The SMILES string of the molecule is CN(C)C(CNC(=O)CC1COCCN1)c1ccco1. The summed E-state index contributed by atoms with van der Waals surface area (Å²) in [5.41, 5.74) is 0. The molecular formula is C14H23N3O3. The van der Waals surface area contributed by atoms with Gasteiger partial charge in [0, 0.05) is 25.6 Å². The van der Waals surface area contributed by atoms with Crippen LogP contribution in [-0.2, 0) is 9.53 Å². The molecule has 112 valence electrons. The Balaban J connectivity index is 1.78. The smallest absolute Gasteiger partial charge is 0.221 e. The molecule has 2 unspecified atom stereocenters. The zero-order chi connectivity index (χ0) is 14.4. The van der Waals surface area contributed by atoms with Gasteiger partial charge in [0.2, 0.25) is 5.91 Å². The van der Waals surface area contributed by atoms with Crippen LogP contribution in [0.3, 0.4) is 0 Å². The van der Waals surface area contributed by atoms with Gasteiger partial charge in [-0.1, -0.05) is 0 Å². The summed E-state index contributed by atoms with van der Waals surface area (Å²) in [4.78, 5) is 14.0. The third-order valence-electron chi connectivity index (χ3n) is 3.42. The summed E-state index contributed by atoms with van der Waals surface area (Å²) >= 11 is 0. The fourth-order valence-electron chi connectivity index (χ4n) is 2.28. The fraction of sp³-hybridized carbons (Fsp3) is 0.643. The van der Waals surface area contributed by atoms with Gasteiger partial charge in [-0.2, -0.15) is 0 Å². The van der Waals surface area contributed by atoms with Crippen molar-refractivity contribution in [2.45, 2.75) is 18.5 Å². The third-order valence-corrected chi connectivity index (χ3v) is 3.42. The lowest BCUT2D eigenvalue weighted by atomic mass is 10.1. The van der Waals surface area contributed by atoms with Crippen LogP contribution < -0.4 is 10.6 Å². The van der Waals surface area contributed by atoms with E-state index in [1.54, 1.807) is 6.26 Å². The highest BCUT2D eigenvalue weighted by Crippen LogP contribution is 2.17. The maximum Gasteiger partial charge on any atom is 0.221 e. The fourth-order valence-corrected chi connectivity index (χ4v) is 2.28. The van der Waals surface area contributed by atoms with Gasteiger partial charge in [0.15, 0.2) is 0 Å². The summed E-state index contributed by atoms with van der Waals surface area (Å²) in [7, 11) is 3.94. The number of amides is 1. The molecule has 0 spiro atoms. The minimum atomic E-state index is 0.0337. The predicted molar refractivity (Wildman–Crippen MR) is 75.4 cm³/mol. The molecule has 1 amide bonds. The Morgan fingerprint density at radius 1 is 1.60 bits per heavy atom. The summed E-state index contributed by atoms with van der Waals surface area (Å²) < 4.78 is 10.8. The second-order valence-electron chi connectivity index (χ2n) is 5.23. The first-order valence-electron chi connectivity index (χ1n) is 6.94. The van der Waals surface area contributed by atoms with E-state index >= 15 is 0 Å². The number of rotatable bonds is 6. The number of nitrogens with zero attached hydrogens (tertiary/aromatic N) is 1. The molecule has 1 saturated heterocycles. The Morgan fingerprint density at radius 3 is 3.05 bits per heavy atom. The van der Waals surface area contributed by atoms with E-state index in [-0.39, 0.29) is 18.0 Å². The standard InChI is InChI=1S/C14H23N3O3/c1-17(2)12(13-4-3-6-20-13)9-16-14(18)8-11-10-19-7-5-15-11/h3-4,6,11-12,15H,5,7-10H2,1-2H3,(H,16,18). The number of nitrogens with one attached hydrogen (secondary N) is 2. The molecule has 1 aliphatic heterocycles. The average molecular weight is 281 g/mol. The van der Waals surface area contributed by atoms with Crippen LogP contribution in [0.2, 0.25) is 0 Å². The first-order valence-corrected chi connectivity index (χ1v) is 6.94. The predicted octanol–water partition coefficient (Wildman–Crippen LogP) is 0.377. The lowest BCUT2D eigenvalue weighted by Gasteiger charge is -2.25. The highest BCUT2D eigenvalue weighted by Gasteiger charge is 2.20. The largest absolute Gasteiger partial charge is 0.468 e. The third kappa shape index (κ3) is 4.33. The second kappa shape index (κ2) is 7.42. The Labute approximate surface area is 119 Å². The topological polar surface area (TPSA) is 66.7 Å². The average Bonchev–Trinajstić information content (AvgIpc) is 2.93. The van der Waals surface area contributed by atoms with Crippen LogP contribution in [-0.4, -0.2) is 57.2 Å². The van der Waals surface area contributed by atoms with Gasteiger partial charge in [-0.25, -0.2) is 0 Å². The van der Waals surface area contributed by atoms with Gasteiger partial charge >= 0.3 is 0 Å². The van der Waals surface area contributed by atoms with Crippen LogP contribution in [0.5, 0.6) is 0 Å². The Hall–Kier alpha value is -1.37. The zero-order valence-electron chi connectivity index (χ0n) is 12.1. The minimum Gasteiger partial charge on any atom is -0.468 e. The highest BCUT2D eigenvalue weighted by atomic mass is 16.5. The number of morpholine rings is 1. The maximum atomic E-state index is 12.0. The minimum absolute atomic E-state index is 0.0337. The maximum absolute atomic E-state index is 12.0. The molecule has 20 heavy (non-hydrogen) atoms. The molecule has 1 aromatic rings. The van der Waals surface area contributed by atoms with Crippen molar-refractivity contribution in [2.24, 2.45) is 0 Å².